The van der Waals surface area contributed by atoms with Crippen LogP contribution in [0.25, 0.3) is 32.9 Å². The van der Waals surface area contributed by atoms with Gasteiger partial charge in [-0.1, -0.05) is 29.8 Å². The number of halogens is 2. The third-order valence-electron chi connectivity index (χ3n) is 5.84. The Labute approximate surface area is 193 Å². The van der Waals surface area contributed by atoms with E-state index in [1.807, 2.05) is 30.3 Å². The SMILES string of the molecule is CC(=O)c1c(-c2ccc[nH]c2=O)c2cc(C)c(F)cc2n1Cc1cc2ccccc2nc1Cl. The number of nitrogens with one attached hydrogen (secondary N) is 1. The monoisotopic (exact) mass is 459 g/mol. The molecule has 0 fully saturated rings. The molecule has 2 aromatic carbocycles. The molecule has 0 amide bonds. The number of benzene rings is 2. The van der Waals surface area contributed by atoms with Crippen molar-refractivity contribution in [1.82, 2.24) is 14.5 Å². The number of nitrogens with zero attached hydrogens (tertiary/aromatic N) is 2. The van der Waals surface area contributed by atoms with Crippen LogP contribution < -0.4 is 5.56 Å². The van der Waals surface area contributed by atoms with Crippen LogP contribution in [0, 0.1) is 12.7 Å². The number of hydrogen-bond donors (Lipinski definition) is 1. The van der Waals surface area contributed by atoms with Gasteiger partial charge in [0.05, 0.1) is 23.3 Å². The second kappa shape index (κ2) is 7.98. The first kappa shape index (κ1) is 21.1. The minimum Gasteiger partial charge on any atom is -0.333 e. The Morgan fingerprint density at radius 3 is 2.70 bits per heavy atom. The molecule has 0 atom stereocenters. The van der Waals surface area contributed by atoms with Gasteiger partial charge in [0, 0.05) is 40.6 Å². The smallest absolute Gasteiger partial charge is 0.255 e. The van der Waals surface area contributed by atoms with E-state index >= 15 is 0 Å². The molecular formula is C26H19ClFN3O2. The van der Waals surface area contributed by atoms with Crippen molar-refractivity contribution in [3.05, 3.63) is 98.9 Å². The zero-order valence-electron chi connectivity index (χ0n) is 17.9. The van der Waals surface area contributed by atoms with Crippen LogP contribution in [-0.4, -0.2) is 20.3 Å². The summed E-state index contributed by atoms with van der Waals surface area (Å²) in [6, 6.07) is 15.9. The minimum atomic E-state index is -0.396. The van der Waals surface area contributed by atoms with Gasteiger partial charge < -0.3 is 9.55 Å². The molecule has 0 saturated heterocycles. The third-order valence-corrected chi connectivity index (χ3v) is 6.17. The Kier molecular flexibility index (Phi) is 5.10. The summed E-state index contributed by atoms with van der Waals surface area (Å²) in [6.07, 6.45) is 1.53. The molecule has 7 heteroatoms. The second-order valence-corrected chi connectivity index (χ2v) is 8.39. The lowest BCUT2D eigenvalue weighted by Gasteiger charge is -2.12. The molecule has 5 aromatic rings. The normalized spacial score (nSPS) is 11.4. The summed E-state index contributed by atoms with van der Waals surface area (Å²) in [7, 11) is 0. The molecule has 5 rings (SSSR count). The molecule has 3 aromatic heterocycles. The van der Waals surface area contributed by atoms with Gasteiger partial charge in [0.1, 0.15) is 11.0 Å². The number of ketones is 1. The van der Waals surface area contributed by atoms with E-state index in [9.17, 15) is 14.0 Å². The fraction of sp³-hybridized carbons (Fsp3) is 0.115. The van der Waals surface area contributed by atoms with Gasteiger partial charge in [-0.25, -0.2) is 9.37 Å². The second-order valence-electron chi connectivity index (χ2n) is 8.03. The molecule has 164 valence electrons. The van der Waals surface area contributed by atoms with Crippen molar-refractivity contribution < 1.29 is 9.18 Å². The van der Waals surface area contributed by atoms with Crippen LogP contribution in [0.5, 0.6) is 0 Å². The number of pyridine rings is 2. The molecule has 0 unspecified atom stereocenters. The third kappa shape index (κ3) is 3.52. The molecule has 1 N–H and O–H groups in total. The first-order valence-electron chi connectivity index (χ1n) is 10.4. The number of H-pyrrole nitrogens is 1. The number of aromatic amines is 1. The summed E-state index contributed by atoms with van der Waals surface area (Å²) in [6.45, 7) is 3.28. The lowest BCUT2D eigenvalue weighted by atomic mass is 10.0. The van der Waals surface area contributed by atoms with E-state index in [2.05, 4.69) is 9.97 Å². The van der Waals surface area contributed by atoms with Gasteiger partial charge >= 0.3 is 0 Å². The summed E-state index contributed by atoms with van der Waals surface area (Å²) in [5, 5.41) is 1.83. The first-order valence-corrected chi connectivity index (χ1v) is 10.8. The Bertz CT molecular complexity index is 1630. The topological polar surface area (TPSA) is 67.8 Å². The Morgan fingerprint density at radius 1 is 1.15 bits per heavy atom. The van der Waals surface area contributed by atoms with Gasteiger partial charge in [0.2, 0.25) is 0 Å². The van der Waals surface area contributed by atoms with E-state index in [1.54, 1.807) is 29.7 Å². The van der Waals surface area contributed by atoms with Gasteiger partial charge in [-0.3, -0.25) is 9.59 Å². The molecule has 0 saturated carbocycles. The van der Waals surface area contributed by atoms with E-state index in [0.717, 1.165) is 10.9 Å². The lowest BCUT2D eigenvalue weighted by Crippen LogP contribution is -2.12. The molecule has 0 radical (unpaired) electrons. The highest BCUT2D eigenvalue weighted by molar-refractivity contribution is 6.30. The average molecular weight is 460 g/mol. The number of hydrogen-bond acceptors (Lipinski definition) is 3. The van der Waals surface area contributed by atoms with Crippen LogP contribution in [0.15, 0.2) is 65.6 Å². The predicted molar refractivity (Wildman–Crippen MR) is 129 cm³/mol. The van der Waals surface area contributed by atoms with E-state index in [4.69, 9.17) is 11.6 Å². The molecule has 0 bridgehead atoms. The summed E-state index contributed by atoms with van der Waals surface area (Å²) < 4.78 is 16.4. The highest BCUT2D eigenvalue weighted by Gasteiger charge is 2.25. The van der Waals surface area contributed by atoms with E-state index in [1.165, 1.54) is 19.2 Å². The Hall–Kier alpha value is -3.77. The largest absolute Gasteiger partial charge is 0.333 e. The van der Waals surface area contributed by atoms with Crippen LogP contribution in [0.1, 0.15) is 28.5 Å². The van der Waals surface area contributed by atoms with Gasteiger partial charge in [-0.2, -0.15) is 0 Å². The molecule has 5 nitrogen and oxygen atoms in total. The number of Topliss-reactive ketones (excluding diaryl/α,β-unsaturated/α-hetero) is 1. The molecule has 0 aliphatic heterocycles. The Morgan fingerprint density at radius 2 is 1.94 bits per heavy atom. The zero-order valence-corrected chi connectivity index (χ0v) is 18.7. The molecular weight excluding hydrogens is 441 g/mol. The molecule has 0 aliphatic carbocycles. The van der Waals surface area contributed by atoms with Crippen molar-refractivity contribution in [2.24, 2.45) is 0 Å². The van der Waals surface area contributed by atoms with Crippen LogP contribution in [0.3, 0.4) is 0 Å². The number of rotatable bonds is 4. The standard InChI is InChI=1S/C26H19ClFN3O2/c1-14-10-19-22(12-20(14)28)31(13-17-11-16-6-3-4-8-21(16)30-25(17)27)24(15(2)32)23(19)18-7-5-9-29-26(18)33/h3-12H,13H2,1-2H3,(H,29,33). The maximum absolute atomic E-state index is 14.7. The van der Waals surface area contributed by atoms with Gasteiger partial charge in [0.15, 0.2) is 5.78 Å². The summed E-state index contributed by atoms with van der Waals surface area (Å²) in [5.41, 5.74) is 3.19. The number of para-hydroxylation sites is 1. The average Bonchev–Trinajstić information content (AvgIpc) is 3.08. The number of fused-ring (bicyclic) bond motifs is 2. The van der Waals surface area contributed by atoms with E-state index < -0.39 is 5.82 Å². The summed E-state index contributed by atoms with van der Waals surface area (Å²) in [5.74, 6) is -0.639. The number of aromatic nitrogens is 3. The van der Waals surface area contributed by atoms with Crippen molar-refractivity contribution in [2.45, 2.75) is 20.4 Å². The quantitative estimate of drug-likeness (QED) is 0.269. The minimum absolute atomic E-state index is 0.190. The van der Waals surface area contributed by atoms with Crippen LogP contribution in [0.2, 0.25) is 5.15 Å². The van der Waals surface area contributed by atoms with Crippen molar-refractivity contribution in [2.75, 3.05) is 0 Å². The summed E-state index contributed by atoms with van der Waals surface area (Å²) in [4.78, 5) is 32.7. The van der Waals surface area contributed by atoms with Crippen molar-refractivity contribution in [3.8, 4) is 11.1 Å². The number of aryl methyl sites for hydroxylation is 1. The lowest BCUT2D eigenvalue weighted by molar-refractivity contribution is 0.101. The van der Waals surface area contributed by atoms with Crippen LogP contribution in [-0.2, 0) is 6.54 Å². The highest BCUT2D eigenvalue weighted by atomic mass is 35.5. The fourth-order valence-corrected chi connectivity index (χ4v) is 4.52. The number of carbonyl (C=O) groups is 1. The highest BCUT2D eigenvalue weighted by Crippen LogP contribution is 2.36. The molecule has 0 spiro atoms. The van der Waals surface area contributed by atoms with Gasteiger partial charge in [0.25, 0.3) is 5.56 Å². The Balaban J connectivity index is 1.84. The first-order chi connectivity index (χ1) is 15.8. The van der Waals surface area contributed by atoms with Crippen LogP contribution >= 0.6 is 11.6 Å². The van der Waals surface area contributed by atoms with Crippen molar-refractivity contribution >= 4 is 39.2 Å². The van der Waals surface area contributed by atoms with Crippen molar-refractivity contribution in [3.63, 3.8) is 0 Å². The molecule has 3 heterocycles. The molecule has 33 heavy (non-hydrogen) atoms. The maximum Gasteiger partial charge on any atom is 0.255 e. The van der Waals surface area contributed by atoms with Gasteiger partial charge in [-0.15, -0.1) is 0 Å². The van der Waals surface area contributed by atoms with E-state index in [-0.39, 0.29) is 17.9 Å². The van der Waals surface area contributed by atoms with E-state index in [0.29, 0.717) is 44.0 Å². The summed E-state index contributed by atoms with van der Waals surface area (Å²) >= 11 is 6.50. The number of carbonyl (C=O) groups excluding carboxylic acids is 1. The molecule has 0 aliphatic rings. The zero-order chi connectivity index (χ0) is 23.3. The van der Waals surface area contributed by atoms with Crippen LogP contribution in [0.4, 0.5) is 4.39 Å². The van der Waals surface area contributed by atoms with Crippen molar-refractivity contribution in [1.29, 1.82) is 0 Å². The fourth-order valence-electron chi connectivity index (χ4n) is 4.32. The maximum atomic E-state index is 14.7. The predicted octanol–water partition coefficient (Wildman–Crippen LogP) is 5.90. The van der Waals surface area contributed by atoms with Gasteiger partial charge in [-0.05, 0) is 48.9 Å².